The van der Waals surface area contributed by atoms with E-state index in [0.717, 1.165) is 0 Å². The summed E-state index contributed by atoms with van der Waals surface area (Å²) < 4.78 is 43.4. The molecule has 0 N–H and O–H groups in total. The van der Waals surface area contributed by atoms with E-state index in [-0.39, 0.29) is 13.1 Å². The van der Waals surface area contributed by atoms with Crippen LogP contribution in [0.1, 0.15) is 21.9 Å². The van der Waals surface area contributed by atoms with E-state index in [2.05, 4.69) is 0 Å². The summed E-state index contributed by atoms with van der Waals surface area (Å²) in [6, 6.07) is 8.71. The second kappa shape index (κ2) is 4.02. The zero-order valence-corrected chi connectivity index (χ0v) is 6.25. The summed E-state index contributed by atoms with van der Waals surface area (Å²) in [5.41, 5.74) is 0.611. The smallest absolute Gasteiger partial charge is 0.0365 e. The standard InChI is InChI=1S/C10H15N/c1-3-11(4-2)10-8-6-5-7-9-10/h5-9H,3-4H2,1-2H3/i1D3,2D3. The molecule has 0 bridgehead atoms. The fourth-order valence-electron chi connectivity index (χ4n) is 0.877. The van der Waals surface area contributed by atoms with Gasteiger partial charge in [-0.25, -0.2) is 0 Å². The normalized spacial score (nSPS) is 20.0. The molecule has 0 amide bonds. The minimum atomic E-state index is -2.18. The molecular formula is C10H15N. The molecule has 1 heteroatoms. The van der Waals surface area contributed by atoms with Gasteiger partial charge in [-0.1, -0.05) is 18.2 Å². The first-order chi connectivity index (χ1) is 7.67. The number of anilines is 1. The van der Waals surface area contributed by atoms with Gasteiger partial charge in [-0.15, -0.1) is 0 Å². The number of para-hydroxylation sites is 1. The van der Waals surface area contributed by atoms with Gasteiger partial charge in [-0.05, 0) is 25.8 Å². The lowest BCUT2D eigenvalue weighted by Gasteiger charge is -2.20. The molecule has 1 aromatic rings. The van der Waals surface area contributed by atoms with Crippen molar-refractivity contribution in [3.8, 4) is 0 Å². The van der Waals surface area contributed by atoms with Crippen molar-refractivity contribution >= 4 is 5.69 Å². The van der Waals surface area contributed by atoms with Gasteiger partial charge < -0.3 is 4.90 Å². The van der Waals surface area contributed by atoms with Crippen molar-refractivity contribution in [1.82, 2.24) is 0 Å². The van der Waals surface area contributed by atoms with Gasteiger partial charge in [0.2, 0.25) is 0 Å². The van der Waals surface area contributed by atoms with E-state index in [9.17, 15) is 0 Å². The van der Waals surface area contributed by atoms with Crippen LogP contribution in [0, 0.1) is 0 Å². The lowest BCUT2D eigenvalue weighted by Crippen LogP contribution is -2.21. The van der Waals surface area contributed by atoms with Crippen LogP contribution in [0.4, 0.5) is 5.69 Å². The lowest BCUT2D eigenvalue weighted by atomic mass is 10.3. The maximum atomic E-state index is 7.23. The van der Waals surface area contributed by atoms with Crippen LogP contribution >= 0.6 is 0 Å². The van der Waals surface area contributed by atoms with Crippen molar-refractivity contribution in [2.24, 2.45) is 0 Å². The monoisotopic (exact) mass is 155 g/mol. The summed E-state index contributed by atoms with van der Waals surface area (Å²) in [6.45, 7) is -4.90. The molecule has 0 radical (unpaired) electrons. The highest BCUT2D eigenvalue weighted by Crippen LogP contribution is 2.11. The summed E-state index contributed by atoms with van der Waals surface area (Å²) in [5.74, 6) is 0. The summed E-state index contributed by atoms with van der Waals surface area (Å²) in [7, 11) is 0. The molecule has 0 aliphatic heterocycles. The van der Waals surface area contributed by atoms with Crippen molar-refractivity contribution in [3.05, 3.63) is 30.3 Å². The van der Waals surface area contributed by atoms with Crippen molar-refractivity contribution in [2.45, 2.75) is 13.7 Å². The van der Waals surface area contributed by atoms with Crippen molar-refractivity contribution < 1.29 is 8.22 Å². The maximum Gasteiger partial charge on any atom is 0.0365 e. The molecule has 0 atom stereocenters. The maximum absolute atomic E-state index is 7.23. The van der Waals surface area contributed by atoms with Gasteiger partial charge >= 0.3 is 0 Å². The highest BCUT2D eigenvalue weighted by atomic mass is 15.1. The van der Waals surface area contributed by atoms with E-state index in [0.29, 0.717) is 5.69 Å². The molecule has 0 saturated carbocycles. The molecule has 11 heavy (non-hydrogen) atoms. The van der Waals surface area contributed by atoms with Gasteiger partial charge in [0.05, 0.1) is 0 Å². The van der Waals surface area contributed by atoms with Gasteiger partial charge in [0.1, 0.15) is 0 Å². The molecule has 0 saturated heterocycles. The molecule has 0 spiro atoms. The fraction of sp³-hybridized carbons (Fsp3) is 0.400. The predicted molar refractivity (Wildman–Crippen MR) is 50.0 cm³/mol. The Hall–Kier alpha value is -0.980. The first-order valence-corrected chi connectivity index (χ1v) is 3.47. The topological polar surface area (TPSA) is 3.24 Å². The van der Waals surface area contributed by atoms with E-state index in [1.54, 1.807) is 30.3 Å². The second-order valence-electron chi connectivity index (χ2n) is 2.19. The van der Waals surface area contributed by atoms with Crippen LogP contribution in [0.3, 0.4) is 0 Å². The first kappa shape index (κ1) is 3.18. The Morgan fingerprint density at radius 2 is 1.82 bits per heavy atom. The fourth-order valence-corrected chi connectivity index (χ4v) is 0.877. The van der Waals surface area contributed by atoms with Crippen molar-refractivity contribution in [2.75, 3.05) is 18.0 Å². The minimum absolute atomic E-state index is 0.268. The van der Waals surface area contributed by atoms with Crippen LogP contribution in [0.25, 0.3) is 0 Å². The van der Waals surface area contributed by atoms with Crippen LogP contribution < -0.4 is 4.90 Å². The molecule has 1 rings (SSSR count). The van der Waals surface area contributed by atoms with Gasteiger partial charge in [-0.2, -0.15) is 0 Å². The molecule has 0 aliphatic rings. The molecule has 1 aromatic carbocycles. The summed E-state index contributed by atoms with van der Waals surface area (Å²) in [4.78, 5) is 1.38. The Labute approximate surface area is 77.1 Å². The highest BCUT2D eigenvalue weighted by Gasteiger charge is 1.97. The molecule has 1 nitrogen and oxygen atoms in total. The van der Waals surface area contributed by atoms with Crippen LogP contribution in [0.15, 0.2) is 30.3 Å². The number of benzene rings is 1. The van der Waals surface area contributed by atoms with Crippen molar-refractivity contribution in [3.63, 3.8) is 0 Å². The molecule has 0 heterocycles. The first-order valence-electron chi connectivity index (χ1n) is 6.47. The summed E-state index contributed by atoms with van der Waals surface area (Å²) in [5, 5.41) is 0. The Balaban J connectivity index is 2.87. The van der Waals surface area contributed by atoms with Crippen LogP contribution in [-0.4, -0.2) is 13.1 Å². The van der Waals surface area contributed by atoms with E-state index in [1.165, 1.54) is 4.90 Å². The quantitative estimate of drug-likeness (QED) is 0.648. The van der Waals surface area contributed by atoms with Gasteiger partial charge in [0.15, 0.2) is 0 Å². The van der Waals surface area contributed by atoms with Gasteiger partial charge in [-0.3, -0.25) is 0 Å². The third-order valence-corrected chi connectivity index (χ3v) is 1.50. The third-order valence-electron chi connectivity index (χ3n) is 1.50. The number of rotatable bonds is 3. The number of nitrogens with zero attached hydrogens (tertiary/aromatic N) is 1. The number of hydrogen-bond acceptors (Lipinski definition) is 1. The average molecular weight is 155 g/mol. The Morgan fingerprint density at radius 1 is 1.18 bits per heavy atom. The highest BCUT2D eigenvalue weighted by molar-refractivity contribution is 5.45. The molecule has 60 valence electrons. The average Bonchev–Trinajstić information content (AvgIpc) is 2.14. The summed E-state index contributed by atoms with van der Waals surface area (Å²) in [6.07, 6.45) is 0. The summed E-state index contributed by atoms with van der Waals surface area (Å²) >= 11 is 0. The molecule has 0 unspecified atom stereocenters. The SMILES string of the molecule is [2H]C([2H])([2H])CN(CC([2H])([2H])[2H])c1ccccc1. The molecular weight excluding hydrogens is 134 g/mol. The Morgan fingerprint density at radius 3 is 2.36 bits per heavy atom. The molecule has 0 aliphatic carbocycles. The molecule has 0 fully saturated rings. The largest absolute Gasteiger partial charge is 0.372 e. The van der Waals surface area contributed by atoms with E-state index in [1.807, 2.05) is 0 Å². The van der Waals surface area contributed by atoms with E-state index < -0.39 is 13.7 Å². The predicted octanol–water partition coefficient (Wildman–Crippen LogP) is 2.53. The zero-order chi connectivity index (χ0) is 13.1. The second-order valence-corrected chi connectivity index (χ2v) is 2.19. The zero-order valence-electron chi connectivity index (χ0n) is 12.2. The van der Waals surface area contributed by atoms with Crippen molar-refractivity contribution in [1.29, 1.82) is 0 Å². The van der Waals surface area contributed by atoms with Gasteiger partial charge in [0, 0.05) is 27.0 Å². The lowest BCUT2D eigenvalue weighted by molar-refractivity contribution is 0.866. The van der Waals surface area contributed by atoms with Crippen LogP contribution in [-0.2, 0) is 0 Å². The number of hydrogen-bond donors (Lipinski definition) is 0. The van der Waals surface area contributed by atoms with Gasteiger partial charge in [0.25, 0.3) is 0 Å². The Bertz CT molecular complexity index is 326. The Kier molecular flexibility index (Phi) is 1.16. The van der Waals surface area contributed by atoms with E-state index in [4.69, 9.17) is 8.22 Å². The van der Waals surface area contributed by atoms with Crippen LogP contribution in [0.2, 0.25) is 0 Å². The third kappa shape index (κ3) is 1.97. The van der Waals surface area contributed by atoms with E-state index >= 15 is 0 Å². The van der Waals surface area contributed by atoms with Crippen LogP contribution in [0.5, 0.6) is 0 Å². The minimum Gasteiger partial charge on any atom is -0.372 e. The molecule has 0 aromatic heterocycles.